The number of aromatic nitrogens is 2. The standard InChI is InChI=1S/C15H17ClN4O3/c1-9-17-15(20(21)22)14(19(9)2)18-12-7-8-23-13(12)10-3-5-11(16)6-4-10/h3-6,12-13,18H,7-8H2,1-2H3/t12-,13-/m0/s1. The van der Waals surface area contributed by atoms with Crippen molar-refractivity contribution >= 4 is 23.2 Å². The van der Waals surface area contributed by atoms with Crippen LogP contribution in [0.15, 0.2) is 24.3 Å². The van der Waals surface area contributed by atoms with E-state index in [0.717, 1.165) is 12.0 Å². The summed E-state index contributed by atoms with van der Waals surface area (Å²) in [6.45, 7) is 2.33. The number of benzene rings is 1. The highest BCUT2D eigenvalue weighted by Gasteiger charge is 2.33. The Morgan fingerprint density at radius 1 is 1.43 bits per heavy atom. The van der Waals surface area contributed by atoms with E-state index in [4.69, 9.17) is 16.3 Å². The molecule has 1 N–H and O–H groups in total. The SMILES string of the molecule is Cc1nc([N+](=O)[O-])c(N[C@H]2CCO[C@H]2c2ccc(Cl)cc2)n1C. The minimum absolute atomic E-state index is 0.0651. The summed E-state index contributed by atoms with van der Waals surface area (Å²) in [6.07, 6.45) is 0.580. The van der Waals surface area contributed by atoms with Gasteiger partial charge in [-0.2, -0.15) is 0 Å². The zero-order valence-electron chi connectivity index (χ0n) is 12.8. The van der Waals surface area contributed by atoms with E-state index in [-0.39, 0.29) is 18.0 Å². The van der Waals surface area contributed by atoms with Crippen molar-refractivity contribution in [1.29, 1.82) is 0 Å². The summed E-state index contributed by atoms with van der Waals surface area (Å²) >= 11 is 5.92. The molecule has 0 spiro atoms. The average Bonchev–Trinajstić information content (AvgIpc) is 3.08. The number of hydrogen-bond donors (Lipinski definition) is 1. The van der Waals surface area contributed by atoms with Crippen LogP contribution in [0.1, 0.15) is 23.9 Å². The Labute approximate surface area is 138 Å². The van der Waals surface area contributed by atoms with Crippen molar-refractivity contribution in [1.82, 2.24) is 9.55 Å². The van der Waals surface area contributed by atoms with Crippen LogP contribution < -0.4 is 5.32 Å². The Balaban J connectivity index is 1.87. The monoisotopic (exact) mass is 336 g/mol. The third-order valence-electron chi connectivity index (χ3n) is 4.09. The molecule has 1 aromatic carbocycles. The number of rotatable bonds is 4. The zero-order valence-corrected chi connectivity index (χ0v) is 13.6. The minimum atomic E-state index is -0.470. The van der Waals surface area contributed by atoms with Crippen molar-refractivity contribution in [2.75, 3.05) is 11.9 Å². The molecular weight excluding hydrogens is 320 g/mol. The number of nitrogens with one attached hydrogen (secondary N) is 1. The molecule has 23 heavy (non-hydrogen) atoms. The van der Waals surface area contributed by atoms with Crippen molar-refractivity contribution in [2.24, 2.45) is 7.05 Å². The van der Waals surface area contributed by atoms with E-state index < -0.39 is 4.92 Å². The second-order valence-corrected chi connectivity index (χ2v) is 5.97. The number of hydrogen-bond acceptors (Lipinski definition) is 5. The second-order valence-electron chi connectivity index (χ2n) is 5.53. The maximum atomic E-state index is 11.2. The molecule has 0 bridgehead atoms. The van der Waals surface area contributed by atoms with Gasteiger partial charge < -0.3 is 20.2 Å². The fourth-order valence-corrected chi connectivity index (χ4v) is 2.90. The summed E-state index contributed by atoms with van der Waals surface area (Å²) in [4.78, 5) is 14.7. The van der Waals surface area contributed by atoms with E-state index in [0.29, 0.717) is 23.3 Å². The first-order valence-electron chi connectivity index (χ1n) is 7.28. The van der Waals surface area contributed by atoms with Gasteiger partial charge in [-0.25, -0.2) is 0 Å². The van der Waals surface area contributed by atoms with Crippen LogP contribution in [0, 0.1) is 17.0 Å². The van der Waals surface area contributed by atoms with E-state index >= 15 is 0 Å². The van der Waals surface area contributed by atoms with Gasteiger partial charge >= 0.3 is 5.82 Å². The lowest BCUT2D eigenvalue weighted by Gasteiger charge is -2.21. The number of nitrogens with zero attached hydrogens (tertiary/aromatic N) is 3. The van der Waals surface area contributed by atoms with Crippen LogP contribution in [-0.2, 0) is 11.8 Å². The first-order chi connectivity index (χ1) is 11.0. The number of imidazole rings is 1. The number of nitro groups is 1. The Morgan fingerprint density at radius 2 is 2.13 bits per heavy atom. The van der Waals surface area contributed by atoms with E-state index in [1.54, 1.807) is 18.5 Å². The highest BCUT2D eigenvalue weighted by molar-refractivity contribution is 6.30. The summed E-state index contributed by atoms with van der Waals surface area (Å²) < 4.78 is 7.50. The number of anilines is 1. The average molecular weight is 337 g/mol. The second kappa shape index (κ2) is 6.17. The van der Waals surface area contributed by atoms with Crippen molar-refractivity contribution in [3.8, 4) is 0 Å². The zero-order chi connectivity index (χ0) is 16.6. The van der Waals surface area contributed by atoms with E-state index in [9.17, 15) is 10.1 Å². The molecule has 0 saturated carbocycles. The molecular formula is C15H17ClN4O3. The fraction of sp³-hybridized carbons (Fsp3) is 0.400. The van der Waals surface area contributed by atoms with Gasteiger partial charge in [0.2, 0.25) is 11.6 Å². The molecule has 1 aromatic heterocycles. The molecule has 1 fully saturated rings. The van der Waals surface area contributed by atoms with Gasteiger partial charge in [0.15, 0.2) is 0 Å². The minimum Gasteiger partial charge on any atom is -0.371 e. The van der Waals surface area contributed by atoms with Gasteiger partial charge in [-0.3, -0.25) is 4.57 Å². The smallest absolute Gasteiger partial charge is 0.371 e. The Bertz CT molecular complexity index is 729. The summed E-state index contributed by atoms with van der Waals surface area (Å²) in [7, 11) is 1.75. The molecule has 0 aliphatic carbocycles. The molecule has 1 saturated heterocycles. The van der Waals surface area contributed by atoms with Gasteiger partial charge in [-0.1, -0.05) is 23.7 Å². The maximum absolute atomic E-state index is 11.2. The van der Waals surface area contributed by atoms with Crippen molar-refractivity contribution in [3.63, 3.8) is 0 Å². The van der Waals surface area contributed by atoms with Crippen LogP contribution in [-0.4, -0.2) is 27.1 Å². The van der Waals surface area contributed by atoms with Crippen molar-refractivity contribution in [3.05, 3.63) is 50.8 Å². The largest absolute Gasteiger partial charge is 0.406 e. The molecule has 2 aromatic rings. The van der Waals surface area contributed by atoms with Crippen LogP contribution in [0.3, 0.4) is 0 Å². The maximum Gasteiger partial charge on any atom is 0.406 e. The summed E-state index contributed by atoms with van der Waals surface area (Å²) in [5, 5.41) is 15.1. The lowest BCUT2D eigenvalue weighted by molar-refractivity contribution is -0.388. The first kappa shape index (κ1) is 15.8. The van der Waals surface area contributed by atoms with Gasteiger partial charge in [-0.05, 0) is 34.0 Å². The summed E-state index contributed by atoms with van der Waals surface area (Å²) in [5.74, 6) is 0.829. The Morgan fingerprint density at radius 3 is 2.78 bits per heavy atom. The molecule has 122 valence electrons. The van der Waals surface area contributed by atoms with E-state index in [2.05, 4.69) is 10.3 Å². The highest BCUT2D eigenvalue weighted by atomic mass is 35.5. The molecule has 7 nitrogen and oxygen atoms in total. The van der Waals surface area contributed by atoms with Crippen molar-refractivity contribution in [2.45, 2.75) is 25.5 Å². The topological polar surface area (TPSA) is 82.2 Å². The third kappa shape index (κ3) is 3.02. The number of ether oxygens (including phenoxy) is 1. The molecule has 0 unspecified atom stereocenters. The quantitative estimate of drug-likeness (QED) is 0.684. The van der Waals surface area contributed by atoms with Crippen molar-refractivity contribution < 1.29 is 9.66 Å². The van der Waals surface area contributed by atoms with Gasteiger partial charge in [0.25, 0.3) is 0 Å². The highest BCUT2D eigenvalue weighted by Crippen LogP contribution is 2.34. The molecule has 1 aliphatic rings. The van der Waals surface area contributed by atoms with Crippen LogP contribution in [0.5, 0.6) is 0 Å². The lowest BCUT2D eigenvalue weighted by Crippen LogP contribution is -2.25. The molecule has 8 heteroatoms. The Kier molecular flexibility index (Phi) is 4.23. The molecule has 2 atom stereocenters. The fourth-order valence-electron chi connectivity index (χ4n) is 2.78. The van der Waals surface area contributed by atoms with E-state index in [1.807, 2.05) is 24.3 Å². The summed E-state index contributed by atoms with van der Waals surface area (Å²) in [5.41, 5.74) is 0.992. The molecule has 3 rings (SSSR count). The normalized spacial score (nSPS) is 20.7. The number of aryl methyl sites for hydroxylation is 1. The molecule has 2 heterocycles. The Hall–Kier alpha value is -2.12. The lowest BCUT2D eigenvalue weighted by atomic mass is 10.0. The van der Waals surface area contributed by atoms with Crippen LogP contribution in [0.25, 0.3) is 0 Å². The van der Waals surface area contributed by atoms with Gasteiger partial charge in [-0.15, -0.1) is 0 Å². The van der Waals surface area contributed by atoms with Crippen LogP contribution in [0.4, 0.5) is 11.6 Å². The molecule has 0 amide bonds. The number of halogens is 1. The third-order valence-corrected chi connectivity index (χ3v) is 4.34. The first-order valence-corrected chi connectivity index (χ1v) is 7.66. The molecule has 0 radical (unpaired) electrons. The van der Waals surface area contributed by atoms with Gasteiger partial charge in [0.1, 0.15) is 6.10 Å². The molecule has 1 aliphatic heterocycles. The van der Waals surface area contributed by atoms with Crippen LogP contribution in [0.2, 0.25) is 5.02 Å². The predicted octanol–water partition coefficient (Wildman–Crippen LogP) is 3.23. The van der Waals surface area contributed by atoms with Gasteiger partial charge in [0, 0.05) is 25.6 Å². The summed E-state index contributed by atoms with van der Waals surface area (Å²) in [6, 6.07) is 7.38. The predicted molar refractivity (Wildman–Crippen MR) is 86.8 cm³/mol. The van der Waals surface area contributed by atoms with Gasteiger partial charge in [0.05, 0.1) is 6.04 Å². The van der Waals surface area contributed by atoms with E-state index in [1.165, 1.54) is 0 Å². The van der Waals surface area contributed by atoms with Crippen LogP contribution >= 0.6 is 11.6 Å².